The highest BCUT2D eigenvalue weighted by Crippen LogP contribution is 2.69. The Bertz CT molecular complexity index is 464. The predicted molar refractivity (Wildman–Crippen MR) is 108 cm³/mol. The van der Waals surface area contributed by atoms with E-state index in [1.165, 1.54) is 12.8 Å². The van der Waals surface area contributed by atoms with Gasteiger partial charge in [0.1, 0.15) is 0 Å². The molecule has 4 aliphatic rings. The molecule has 0 aromatic heterocycles. The van der Waals surface area contributed by atoms with Crippen molar-refractivity contribution < 1.29 is 18.9 Å². The Kier molecular flexibility index (Phi) is 6.62. The Morgan fingerprint density at radius 1 is 0.852 bits per heavy atom. The van der Waals surface area contributed by atoms with E-state index in [1.54, 1.807) is 0 Å². The molecule has 4 heteroatoms. The first kappa shape index (κ1) is 21.5. The number of unbranched alkanes of at least 4 members (excludes halogenated alkanes) is 1. The second kappa shape index (κ2) is 8.30. The molecule has 2 bridgehead atoms. The topological polar surface area (TPSA) is 36.9 Å². The molecular weight excluding hydrogens is 340 g/mol. The SMILES string of the molecule is CC(C)(C)OCCCCOCC1C2CC1(COC1CC(OC(C)(C)C)C1)C2. The van der Waals surface area contributed by atoms with Gasteiger partial charge in [0.2, 0.25) is 0 Å². The van der Waals surface area contributed by atoms with Gasteiger partial charge in [-0.25, -0.2) is 0 Å². The van der Waals surface area contributed by atoms with Crippen molar-refractivity contribution in [2.24, 2.45) is 17.3 Å². The van der Waals surface area contributed by atoms with Crippen molar-refractivity contribution in [1.29, 1.82) is 0 Å². The van der Waals surface area contributed by atoms with Crippen LogP contribution < -0.4 is 0 Å². The van der Waals surface area contributed by atoms with Gasteiger partial charge in [-0.15, -0.1) is 0 Å². The van der Waals surface area contributed by atoms with Crippen LogP contribution in [0.1, 0.15) is 80.1 Å². The lowest BCUT2D eigenvalue weighted by Gasteiger charge is -2.68. The maximum Gasteiger partial charge on any atom is 0.0631 e. The lowest BCUT2D eigenvalue weighted by Crippen LogP contribution is -2.65. The van der Waals surface area contributed by atoms with Gasteiger partial charge < -0.3 is 18.9 Å². The van der Waals surface area contributed by atoms with Crippen molar-refractivity contribution in [2.45, 2.75) is 103 Å². The van der Waals surface area contributed by atoms with E-state index >= 15 is 0 Å². The van der Waals surface area contributed by atoms with Crippen LogP contribution in [0.5, 0.6) is 0 Å². The van der Waals surface area contributed by atoms with Gasteiger partial charge >= 0.3 is 0 Å². The quantitative estimate of drug-likeness (QED) is 0.472. The Hall–Kier alpha value is -0.160. The van der Waals surface area contributed by atoms with E-state index in [2.05, 4.69) is 41.5 Å². The van der Waals surface area contributed by atoms with Gasteiger partial charge in [-0.05, 0) is 97.3 Å². The Labute approximate surface area is 166 Å². The third kappa shape index (κ3) is 5.91. The molecule has 0 saturated heterocycles. The van der Waals surface area contributed by atoms with E-state index in [0.29, 0.717) is 17.6 Å². The molecule has 0 radical (unpaired) electrons. The zero-order chi connectivity index (χ0) is 19.7. The molecule has 4 rings (SSSR count). The third-order valence-electron chi connectivity index (χ3n) is 6.39. The molecule has 0 aromatic carbocycles. The largest absolute Gasteiger partial charge is 0.381 e. The van der Waals surface area contributed by atoms with Crippen molar-refractivity contribution in [3.05, 3.63) is 0 Å². The first-order chi connectivity index (χ1) is 12.6. The van der Waals surface area contributed by atoms with Gasteiger partial charge in [-0.3, -0.25) is 0 Å². The highest BCUT2D eigenvalue weighted by atomic mass is 16.5. The molecule has 0 N–H and O–H groups in total. The molecule has 1 unspecified atom stereocenters. The van der Waals surface area contributed by atoms with E-state index in [1.807, 2.05) is 0 Å². The molecular formula is C23H42O4. The molecule has 4 nitrogen and oxygen atoms in total. The first-order valence-corrected chi connectivity index (χ1v) is 11.1. The summed E-state index contributed by atoms with van der Waals surface area (Å²) in [6.07, 6.45) is 7.82. The van der Waals surface area contributed by atoms with Crippen molar-refractivity contribution in [2.75, 3.05) is 26.4 Å². The fourth-order valence-corrected chi connectivity index (χ4v) is 4.72. The summed E-state index contributed by atoms with van der Waals surface area (Å²) in [6, 6.07) is 0. The highest BCUT2D eigenvalue weighted by Gasteiger charge is 2.65. The second-order valence-corrected chi connectivity index (χ2v) is 11.1. The minimum absolute atomic E-state index is 0.0280. The summed E-state index contributed by atoms with van der Waals surface area (Å²) < 4.78 is 24.0. The highest BCUT2D eigenvalue weighted by molar-refractivity contribution is 5.13. The van der Waals surface area contributed by atoms with Gasteiger partial charge in [0.05, 0.1) is 36.6 Å². The maximum atomic E-state index is 6.24. The normalized spacial score (nSPS) is 35.3. The maximum absolute atomic E-state index is 6.24. The minimum Gasteiger partial charge on any atom is -0.381 e. The number of hydrogen-bond donors (Lipinski definition) is 0. The van der Waals surface area contributed by atoms with Crippen LogP contribution in [0, 0.1) is 17.3 Å². The van der Waals surface area contributed by atoms with Crippen LogP contribution >= 0.6 is 0 Å². The van der Waals surface area contributed by atoms with Crippen LogP contribution in [-0.4, -0.2) is 49.8 Å². The zero-order valence-corrected chi connectivity index (χ0v) is 18.5. The molecule has 0 aliphatic heterocycles. The van der Waals surface area contributed by atoms with Gasteiger partial charge in [-0.2, -0.15) is 0 Å². The monoisotopic (exact) mass is 382 g/mol. The van der Waals surface area contributed by atoms with Gasteiger partial charge in [0.25, 0.3) is 0 Å². The molecule has 4 saturated carbocycles. The van der Waals surface area contributed by atoms with Crippen LogP contribution in [0.3, 0.4) is 0 Å². The fraction of sp³-hybridized carbons (Fsp3) is 1.00. The third-order valence-corrected chi connectivity index (χ3v) is 6.39. The predicted octanol–water partition coefficient (Wildman–Crippen LogP) is 4.99. The summed E-state index contributed by atoms with van der Waals surface area (Å²) in [5, 5.41) is 0. The van der Waals surface area contributed by atoms with Crippen LogP contribution in [0.15, 0.2) is 0 Å². The number of rotatable bonds is 11. The summed E-state index contributed by atoms with van der Waals surface area (Å²) in [6.45, 7) is 16.3. The minimum atomic E-state index is -0.0369. The molecule has 158 valence electrons. The molecule has 4 aliphatic carbocycles. The van der Waals surface area contributed by atoms with Crippen LogP contribution in [0.25, 0.3) is 0 Å². The smallest absolute Gasteiger partial charge is 0.0631 e. The lowest BCUT2D eigenvalue weighted by atomic mass is 9.38. The molecule has 4 fully saturated rings. The summed E-state index contributed by atoms with van der Waals surface area (Å²) in [7, 11) is 0. The van der Waals surface area contributed by atoms with Crippen molar-refractivity contribution in [3.8, 4) is 0 Å². The van der Waals surface area contributed by atoms with Crippen molar-refractivity contribution in [1.82, 2.24) is 0 Å². The summed E-state index contributed by atoms with van der Waals surface area (Å²) >= 11 is 0. The molecule has 0 amide bonds. The van der Waals surface area contributed by atoms with Crippen molar-refractivity contribution >= 4 is 0 Å². The zero-order valence-electron chi connectivity index (χ0n) is 18.5. The van der Waals surface area contributed by atoms with Gasteiger partial charge in [0.15, 0.2) is 0 Å². The van der Waals surface area contributed by atoms with Crippen molar-refractivity contribution in [3.63, 3.8) is 0 Å². The van der Waals surface area contributed by atoms with E-state index in [0.717, 1.165) is 63.9 Å². The molecule has 0 aromatic rings. The standard InChI is InChI=1S/C23H42O4/c1-21(2,3)26-10-8-7-9-24-15-20-17-13-23(20,14-17)16-25-18-11-19(12-18)27-22(4,5)6/h17-20H,7-16H2,1-6H3. The Balaban J connectivity index is 1.22. The van der Waals surface area contributed by atoms with E-state index in [-0.39, 0.29) is 11.2 Å². The summed E-state index contributed by atoms with van der Waals surface area (Å²) in [4.78, 5) is 0. The number of ether oxygens (including phenoxy) is 4. The fourth-order valence-electron chi connectivity index (χ4n) is 4.72. The second-order valence-electron chi connectivity index (χ2n) is 11.1. The summed E-state index contributed by atoms with van der Waals surface area (Å²) in [5.41, 5.74) is 0.376. The average Bonchev–Trinajstić information content (AvgIpc) is 2.43. The number of hydrogen-bond acceptors (Lipinski definition) is 4. The Morgan fingerprint density at radius 3 is 2.07 bits per heavy atom. The van der Waals surface area contributed by atoms with Crippen LogP contribution in [-0.2, 0) is 18.9 Å². The molecule has 27 heavy (non-hydrogen) atoms. The average molecular weight is 383 g/mol. The van der Waals surface area contributed by atoms with Crippen LogP contribution in [0.2, 0.25) is 0 Å². The summed E-state index contributed by atoms with van der Waals surface area (Å²) in [5.74, 6) is 1.64. The van der Waals surface area contributed by atoms with Gasteiger partial charge in [-0.1, -0.05) is 0 Å². The molecule has 0 spiro atoms. The molecule has 0 heterocycles. The van der Waals surface area contributed by atoms with E-state index in [9.17, 15) is 0 Å². The lowest BCUT2D eigenvalue weighted by molar-refractivity contribution is -0.257. The Morgan fingerprint density at radius 2 is 1.52 bits per heavy atom. The first-order valence-electron chi connectivity index (χ1n) is 11.1. The van der Waals surface area contributed by atoms with Gasteiger partial charge in [0, 0.05) is 13.2 Å². The molecule has 1 atom stereocenters. The van der Waals surface area contributed by atoms with E-state index in [4.69, 9.17) is 18.9 Å². The van der Waals surface area contributed by atoms with E-state index < -0.39 is 0 Å². The van der Waals surface area contributed by atoms with Crippen LogP contribution in [0.4, 0.5) is 0 Å².